The monoisotopic (exact) mass is 578 g/mol. The van der Waals surface area contributed by atoms with E-state index in [1.165, 1.54) is 5.01 Å². The molecule has 4 aromatic carbocycles. The average molecular weight is 579 g/mol. The van der Waals surface area contributed by atoms with Gasteiger partial charge < -0.3 is 9.47 Å². The normalized spacial score (nSPS) is 13.9. The Kier molecular flexibility index (Phi) is 8.04. The average Bonchev–Trinajstić information content (AvgIpc) is 3.29. The van der Waals surface area contributed by atoms with Gasteiger partial charge in [0, 0.05) is 15.6 Å². The molecule has 0 saturated heterocycles. The molecule has 5 rings (SSSR count). The molecule has 0 N–H and O–H groups in total. The molecule has 0 bridgehead atoms. The number of rotatable bonds is 9. The van der Waals surface area contributed by atoms with Crippen LogP contribution in [0.1, 0.15) is 22.3 Å². The topological polar surface area (TPSA) is 51.1 Å². The van der Waals surface area contributed by atoms with Crippen molar-refractivity contribution in [3.63, 3.8) is 0 Å². The van der Waals surface area contributed by atoms with Crippen LogP contribution in [-0.2, 0) is 17.8 Å². The number of ether oxygens (including phenoxy) is 2. The predicted octanol–water partition coefficient (Wildman–Crippen LogP) is 7.60. The zero-order chi connectivity index (χ0) is 27.2. The summed E-state index contributed by atoms with van der Waals surface area (Å²) in [4.78, 5) is 13.7. The van der Waals surface area contributed by atoms with Gasteiger partial charge in [0.15, 0.2) is 11.5 Å². The van der Waals surface area contributed by atoms with Crippen LogP contribution < -0.4 is 14.5 Å². The molecule has 4 aromatic rings. The Morgan fingerprint density at radius 3 is 2.31 bits per heavy atom. The van der Waals surface area contributed by atoms with Crippen molar-refractivity contribution in [2.45, 2.75) is 13.0 Å². The van der Waals surface area contributed by atoms with Gasteiger partial charge in [0.1, 0.15) is 12.3 Å². The number of amides is 1. The molecule has 1 heterocycles. The summed E-state index contributed by atoms with van der Waals surface area (Å²) in [5, 5.41) is 6.18. The Balaban J connectivity index is 1.54. The molecule has 0 aliphatic carbocycles. The summed E-state index contributed by atoms with van der Waals surface area (Å²) in [6, 6.07) is 31.1. The van der Waals surface area contributed by atoms with Crippen molar-refractivity contribution in [3.05, 3.63) is 142 Å². The molecule has 194 valence electrons. The van der Waals surface area contributed by atoms with Gasteiger partial charge in [-0.3, -0.25) is 4.79 Å². The predicted molar refractivity (Wildman–Crippen MR) is 160 cm³/mol. The third kappa shape index (κ3) is 5.86. The van der Waals surface area contributed by atoms with Crippen LogP contribution in [0, 0.1) is 0 Å². The summed E-state index contributed by atoms with van der Waals surface area (Å²) in [5.74, 6) is 1.05. The molecule has 39 heavy (non-hydrogen) atoms. The first-order chi connectivity index (χ1) is 19.1. The molecule has 1 amide bonds. The third-order valence-electron chi connectivity index (χ3n) is 6.27. The first kappa shape index (κ1) is 26.2. The Morgan fingerprint density at radius 1 is 0.949 bits per heavy atom. The molecule has 5 nitrogen and oxygen atoms in total. The van der Waals surface area contributed by atoms with Crippen molar-refractivity contribution < 1.29 is 14.3 Å². The van der Waals surface area contributed by atoms with Gasteiger partial charge in [-0.1, -0.05) is 82.7 Å². The van der Waals surface area contributed by atoms with E-state index in [4.69, 9.17) is 14.6 Å². The zero-order valence-electron chi connectivity index (χ0n) is 21.5. The summed E-state index contributed by atoms with van der Waals surface area (Å²) in [7, 11) is 1.62. The second-order valence-electron chi connectivity index (χ2n) is 8.94. The number of nitrogens with zero attached hydrogens (tertiary/aromatic N) is 2. The number of hydrazone groups is 1. The molecule has 0 aromatic heterocycles. The minimum Gasteiger partial charge on any atom is -0.493 e. The van der Waals surface area contributed by atoms with Crippen molar-refractivity contribution in [2.24, 2.45) is 5.10 Å². The number of hydrogen-bond donors (Lipinski definition) is 0. The number of benzene rings is 4. The van der Waals surface area contributed by atoms with Gasteiger partial charge >= 0.3 is 0 Å². The fourth-order valence-electron chi connectivity index (χ4n) is 4.39. The molecule has 1 aliphatic heterocycles. The number of para-hydroxylation sites is 1. The number of anilines is 1. The quantitative estimate of drug-likeness (QED) is 0.152. The number of halogens is 1. The van der Waals surface area contributed by atoms with Gasteiger partial charge in [-0.05, 0) is 60.0 Å². The number of hydrogen-bond acceptors (Lipinski definition) is 4. The largest absolute Gasteiger partial charge is 0.493 e. The Morgan fingerprint density at radius 2 is 1.64 bits per heavy atom. The molecule has 0 radical (unpaired) electrons. The molecule has 0 unspecified atom stereocenters. The highest BCUT2D eigenvalue weighted by Crippen LogP contribution is 2.36. The summed E-state index contributed by atoms with van der Waals surface area (Å²) < 4.78 is 13.0. The highest BCUT2D eigenvalue weighted by Gasteiger charge is 2.32. The molecule has 0 spiro atoms. The van der Waals surface area contributed by atoms with Crippen molar-refractivity contribution in [3.8, 4) is 11.5 Å². The van der Waals surface area contributed by atoms with Gasteiger partial charge in [0.25, 0.3) is 5.91 Å². The third-order valence-corrected chi connectivity index (χ3v) is 6.80. The van der Waals surface area contributed by atoms with E-state index in [2.05, 4.69) is 22.5 Å². The maximum atomic E-state index is 13.7. The lowest BCUT2D eigenvalue weighted by atomic mass is 9.98. The molecular formula is C33H27BrN2O3. The molecule has 6 heteroatoms. The van der Waals surface area contributed by atoms with Crippen LogP contribution >= 0.6 is 15.9 Å². The van der Waals surface area contributed by atoms with Gasteiger partial charge in [-0.15, -0.1) is 6.58 Å². The van der Waals surface area contributed by atoms with Crippen LogP contribution in [0.25, 0.3) is 6.08 Å². The highest BCUT2D eigenvalue weighted by atomic mass is 79.9. The minimum atomic E-state index is -0.195. The fourth-order valence-corrected chi connectivity index (χ4v) is 4.65. The smallest absolute Gasteiger partial charge is 0.281 e. The lowest BCUT2D eigenvalue weighted by Crippen LogP contribution is -2.21. The van der Waals surface area contributed by atoms with E-state index in [0.29, 0.717) is 41.5 Å². The standard InChI is InChI=1S/C33H27BrN2O3/c1-3-10-26-19-24(21-30(38-2)32(26)39-22-23-15-17-27(34)18-16-23)20-29-31(25-11-6-4-7-12-25)35-36(33(29)37)28-13-8-5-9-14-28/h3-9,11-21H,1,10,22H2,2H3/b29-20-. The van der Waals surface area contributed by atoms with E-state index in [-0.39, 0.29) is 5.91 Å². The van der Waals surface area contributed by atoms with Crippen molar-refractivity contribution in [1.29, 1.82) is 0 Å². The van der Waals surface area contributed by atoms with Crippen LogP contribution in [0.3, 0.4) is 0 Å². The number of methoxy groups -OCH3 is 1. The van der Waals surface area contributed by atoms with Gasteiger partial charge in [0.05, 0.1) is 18.4 Å². The second-order valence-corrected chi connectivity index (χ2v) is 9.86. The SMILES string of the molecule is C=CCc1cc(/C=C2\C(=O)N(c3ccccc3)N=C2c2ccccc2)cc(OC)c1OCc1ccc(Br)cc1. The second kappa shape index (κ2) is 12.0. The molecule has 0 atom stereocenters. The van der Waals surface area contributed by atoms with Crippen molar-refractivity contribution in [2.75, 3.05) is 12.1 Å². The van der Waals surface area contributed by atoms with Crippen molar-refractivity contribution >= 4 is 39.3 Å². The van der Waals surface area contributed by atoms with Gasteiger partial charge in [-0.2, -0.15) is 10.1 Å². The molecule has 1 aliphatic rings. The van der Waals surface area contributed by atoms with Crippen LogP contribution in [0.15, 0.2) is 125 Å². The number of carbonyl (C=O) groups excluding carboxylic acids is 1. The highest BCUT2D eigenvalue weighted by molar-refractivity contribution is 9.10. The Hall–Kier alpha value is -4.42. The Bertz CT molecular complexity index is 1550. The number of allylic oxidation sites excluding steroid dienone is 1. The van der Waals surface area contributed by atoms with E-state index < -0.39 is 0 Å². The van der Waals surface area contributed by atoms with E-state index in [0.717, 1.165) is 26.7 Å². The number of carbonyl (C=O) groups is 1. The van der Waals surface area contributed by atoms with Crippen LogP contribution in [0.5, 0.6) is 11.5 Å². The summed E-state index contributed by atoms with van der Waals surface area (Å²) in [6.07, 6.45) is 4.27. The first-order valence-corrected chi connectivity index (χ1v) is 13.3. The van der Waals surface area contributed by atoms with E-state index in [1.807, 2.05) is 109 Å². The molecular weight excluding hydrogens is 552 g/mol. The van der Waals surface area contributed by atoms with Crippen LogP contribution in [-0.4, -0.2) is 18.7 Å². The van der Waals surface area contributed by atoms with Crippen molar-refractivity contribution in [1.82, 2.24) is 0 Å². The van der Waals surface area contributed by atoms with E-state index >= 15 is 0 Å². The minimum absolute atomic E-state index is 0.195. The lowest BCUT2D eigenvalue weighted by molar-refractivity contribution is -0.114. The van der Waals surface area contributed by atoms with Crippen LogP contribution in [0.4, 0.5) is 5.69 Å². The van der Waals surface area contributed by atoms with Crippen LogP contribution in [0.2, 0.25) is 0 Å². The lowest BCUT2D eigenvalue weighted by Gasteiger charge is -2.16. The Labute approximate surface area is 236 Å². The fraction of sp³-hybridized carbons (Fsp3) is 0.0909. The van der Waals surface area contributed by atoms with E-state index in [1.54, 1.807) is 7.11 Å². The first-order valence-electron chi connectivity index (χ1n) is 12.5. The van der Waals surface area contributed by atoms with Gasteiger partial charge in [0.2, 0.25) is 0 Å². The van der Waals surface area contributed by atoms with Gasteiger partial charge in [-0.25, -0.2) is 0 Å². The summed E-state index contributed by atoms with van der Waals surface area (Å²) in [6.45, 7) is 4.32. The summed E-state index contributed by atoms with van der Waals surface area (Å²) in [5.41, 5.74) is 5.45. The summed E-state index contributed by atoms with van der Waals surface area (Å²) >= 11 is 3.47. The maximum Gasteiger partial charge on any atom is 0.281 e. The van der Waals surface area contributed by atoms with E-state index in [9.17, 15) is 4.79 Å². The molecule has 0 fully saturated rings. The molecule has 0 saturated carbocycles. The maximum absolute atomic E-state index is 13.7. The zero-order valence-corrected chi connectivity index (χ0v) is 23.1.